The predicted molar refractivity (Wildman–Crippen MR) is 133 cm³/mol. The van der Waals surface area contributed by atoms with Crippen LogP contribution in [0.25, 0.3) is 0 Å². The lowest BCUT2D eigenvalue weighted by atomic mass is 9.79. The first-order valence-electron chi connectivity index (χ1n) is 12.8. The van der Waals surface area contributed by atoms with E-state index >= 15 is 0 Å². The lowest BCUT2D eigenvalue weighted by Crippen LogP contribution is -2.59. The van der Waals surface area contributed by atoms with Gasteiger partial charge in [0.2, 0.25) is 11.8 Å². The highest BCUT2D eigenvalue weighted by atomic mass is 32.1. The molecule has 0 aromatic carbocycles. The van der Waals surface area contributed by atoms with Gasteiger partial charge in [-0.3, -0.25) is 9.59 Å². The summed E-state index contributed by atoms with van der Waals surface area (Å²) in [5.41, 5.74) is 6.38. The molecule has 8 nitrogen and oxygen atoms in total. The van der Waals surface area contributed by atoms with E-state index < -0.39 is 31.2 Å². The van der Waals surface area contributed by atoms with Crippen molar-refractivity contribution in [3.8, 4) is 0 Å². The van der Waals surface area contributed by atoms with Crippen molar-refractivity contribution in [2.45, 2.75) is 108 Å². The van der Waals surface area contributed by atoms with E-state index in [-0.39, 0.29) is 23.7 Å². The molecule has 0 aromatic rings. The molecular weight excluding hydrogens is 439 g/mol. The van der Waals surface area contributed by atoms with Gasteiger partial charge in [0.25, 0.3) is 0 Å². The monoisotopic (exact) mass is 480 g/mol. The van der Waals surface area contributed by atoms with Crippen LogP contribution >= 0.6 is 12.2 Å². The average molecular weight is 480 g/mol. The summed E-state index contributed by atoms with van der Waals surface area (Å²) in [5.74, 6) is -0.534. The van der Waals surface area contributed by atoms with Crippen LogP contribution in [0, 0.1) is 11.8 Å². The van der Waals surface area contributed by atoms with Gasteiger partial charge < -0.3 is 31.3 Å². The molecule has 186 valence electrons. The maximum atomic E-state index is 13.4. The van der Waals surface area contributed by atoms with Gasteiger partial charge >= 0.3 is 7.12 Å². The average Bonchev–Trinajstić information content (AvgIpc) is 3.32. The zero-order valence-corrected chi connectivity index (χ0v) is 20.7. The Bertz CT molecular complexity index is 685. The van der Waals surface area contributed by atoms with Gasteiger partial charge in [-0.1, -0.05) is 50.7 Å². The summed E-state index contributed by atoms with van der Waals surface area (Å²) in [4.78, 5) is 28.7. The number of nitrogens with zero attached hydrogens (tertiary/aromatic N) is 1. The smallest absolute Gasteiger partial charge is 0.426 e. The first-order chi connectivity index (χ1) is 15.8. The van der Waals surface area contributed by atoms with Crippen LogP contribution in [0.15, 0.2) is 0 Å². The molecule has 0 spiro atoms. The summed E-state index contributed by atoms with van der Waals surface area (Å²) < 4.78 is 0. The number of nitrogens with one attached hydrogen (secondary N) is 2. The van der Waals surface area contributed by atoms with Crippen molar-refractivity contribution < 1.29 is 19.6 Å². The number of hydrogen-bond donors (Lipinski definition) is 5. The molecule has 6 N–H and O–H groups in total. The van der Waals surface area contributed by atoms with Gasteiger partial charge in [0, 0.05) is 6.54 Å². The summed E-state index contributed by atoms with van der Waals surface area (Å²) in [7, 11) is -1.55. The summed E-state index contributed by atoms with van der Waals surface area (Å²) in [6, 6.07) is -1.46. The Hall–Kier alpha value is -1.23. The van der Waals surface area contributed by atoms with Crippen molar-refractivity contribution in [3.63, 3.8) is 0 Å². The third-order valence-electron chi connectivity index (χ3n) is 7.80. The molecule has 1 heterocycles. The first-order valence-corrected chi connectivity index (χ1v) is 13.2. The molecule has 0 bridgehead atoms. The van der Waals surface area contributed by atoms with Crippen molar-refractivity contribution >= 4 is 36.1 Å². The van der Waals surface area contributed by atoms with Gasteiger partial charge in [-0.15, -0.1) is 0 Å². The highest BCUT2D eigenvalue weighted by Gasteiger charge is 2.40. The molecule has 3 aliphatic rings. The molecule has 1 aliphatic heterocycles. The van der Waals surface area contributed by atoms with Crippen molar-refractivity contribution in [2.24, 2.45) is 17.6 Å². The van der Waals surface area contributed by atoms with E-state index in [1.807, 2.05) is 0 Å². The number of thiocarbonyl (C=S) groups is 1. The maximum Gasteiger partial charge on any atom is 0.475 e. The van der Waals surface area contributed by atoms with E-state index in [0.717, 1.165) is 57.8 Å². The van der Waals surface area contributed by atoms with Gasteiger partial charge in [-0.2, -0.15) is 0 Å². The normalized spacial score (nSPS) is 25.2. The van der Waals surface area contributed by atoms with Gasteiger partial charge in [-0.05, 0) is 57.3 Å². The summed E-state index contributed by atoms with van der Waals surface area (Å²) in [5, 5.41) is 25.0. The molecule has 0 aromatic heterocycles. The standard InChI is InChI=1S/C23H41BN4O4S/c1-15(24(31)32)26-22(33)20(17-11-6-3-7-12-17)27-21(29)18-13-8-14-28(18)23(30)19(25)16-9-4-2-5-10-16/h15-20,31-32H,2-14,25H2,1H3,(H,26,33)(H,27,29)/t15-,18-,19-,20-/m0/s1. The van der Waals surface area contributed by atoms with Gasteiger partial charge in [0.1, 0.15) is 6.04 Å². The summed E-state index contributed by atoms with van der Waals surface area (Å²) in [6.07, 6.45) is 12.1. The Morgan fingerprint density at radius 1 is 0.939 bits per heavy atom. The van der Waals surface area contributed by atoms with Crippen molar-refractivity contribution in [1.29, 1.82) is 0 Å². The van der Waals surface area contributed by atoms with Gasteiger partial charge in [0.15, 0.2) is 0 Å². The molecule has 2 aliphatic carbocycles. The number of rotatable bonds is 8. The van der Waals surface area contributed by atoms with E-state index in [4.69, 9.17) is 18.0 Å². The second-order valence-corrected chi connectivity index (χ2v) is 10.6. The highest BCUT2D eigenvalue weighted by Crippen LogP contribution is 2.30. The Kier molecular flexibility index (Phi) is 9.97. The molecule has 4 atom stereocenters. The Balaban J connectivity index is 1.67. The minimum Gasteiger partial charge on any atom is -0.426 e. The molecule has 0 unspecified atom stereocenters. The molecule has 33 heavy (non-hydrogen) atoms. The number of nitrogens with two attached hydrogens (primary N) is 1. The Morgan fingerprint density at radius 2 is 1.52 bits per heavy atom. The topological polar surface area (TPSA) is 128 Å². The quantitative estimate of drug-likeness (QED) is 0.262. The molecule has 3 fully saturated rings. The third kappa shape index (κ3) is 6.90. The fourth-order valence-electron chi connectivity index (χ4n) is 5.69. The minimum absolute atomic E-state index is 0.105. The SMILES string of the molecule is C[C@H](NC(=S)[C@@H](NC(=O)[C@@H]1CCCN1C(=O)[C@@H](N)C1CCCCC1)C1CCCCC1)B(O)O. The van der Waals surface area contributed by atoms with Crippen LogP contribution in [0.1, 0.15) is 84.0 Å². The summed E-state index contributed by atoms with van der Waals surface area (Å²) >= 11 is 5.60. The third-order valence-corrected chi connectivity index (χ3v) is 8.17. The first kappa shape index (κ1) is 26.4. The molecule has 3 rings (SSSR count). The molecule has 0 radical (unpaired) electrons. The maximum absolute atomic E-state index is 13.4. The lowest BCUT2D eigenvalue weighted by molar-refractivity contribution is -0.140. The molecule has 1 saturated heterocycles. The number of carbonyl (C=O) groups is 2. The fourth-order valence-corrected chi connectivity index (χ4v) is 6.13. The molecule has 10 heteroatoms. The predicted octanol–water partition coefficient (Wildman–Crippen LogP) is 1.27. The van der Waals surface area contributed by atoms with E-state index in [1.165, 1.54) is 12.8 Å². The van der Waals surface area contributed by atoms with Gasteiger partial charge in [0.05, 0.1) is 23.0 Å². The second kappa shape index (κ2) is 12.5. The fraction of sp³-hybridized carbons (Fsp3) is 0.870. The Labute approximate surface area is 203 Å². The van der Waals surface area contributed by atoms with E-state index in [2.05, 4.69) is 10.6 Å². The number of carbonyl (C=O) groups excluding carboxylic acids is 2. The van der Waals surface area contributed by atoms with Crippen molar-refractivity contribution in [1.82, 2.24) is 15.5 Å². The Morgan fingerprint density at radius 3 is 2.09 bits per heavy atom. The number of likely N-dealkylation sites (tertiary alicyclic amines) is 1. The largest absolute Gasteiger partial charge is 0.475 e. The number of hydrogen-bond acceptors (Lipinski definition) is 6. The lowest BCUT2D eigenvalue weighted by Gasteiger charge is -2.35. The van der Waals surface area contributed by atoms with E-state index in [9.17, 15) is 19.6 Å². The minimum atomic E-state index is -1.55. The zero-order valence-electron chi connectivity index (χ0n) is 19.9. The second-order valence-electron chi connectivity index (χ2n) is 10.2. The number of amides is 2. The van der Waals surface area contributed by atoms with Crippen LogP contribution in [0.5, 0.6) is 0 Å². The van der Waals surface area contributed by atoms with Crippen LogP contribution < -0.4 is 16.4 Å². The van der Waals surface area contributed by atoms with Crippen molar-refractivity contribution in [2.75, 3.05) is 6.54 Å². The van der Waals surface area contributed by atoms with Gasteiger partial charge in [-0.25, -0.2) is 0 Å². The summed E-state index contributed by atoms with van der Waals surface area (Å²) in [6.45, 7) is 2.20. The van der Waals surface area contributed by atoms with Crippen LogP contribution in [0.2, 0.25) is 0 Å². The highest BCUT2D eigenvalue weighted by molar-refractivity contribution is 7.80. The van der Waals surface area contributed by atoms with E-state index in [0.29, 0.717) is 18.0 Å². The van der Waals surface area contributed by atoms with Crippen LogP contribution in [0.3, 0.4) is 0 Å². The molecule has 2 saturated carbocycles. The van der Waals surface area contributed by atoms with Crippen LogP contribution in [-0.2, 0) is 9.59 Å². The van der Waals surface area contributed by atoms with Crippen LogP contribution in [0.4, 0.5) is 0 Å². The van der Waals surface area contributed by atoms with Crippen molar-refractivity contribution in [3.05, 3.63) is 0 Å². The van der Waals surface area contributed by atoms with Crippen LogP contribution in [-0.4, -0.2) is 69.5 Å². The molecular formula is C23H41BN4O4S. The zero-order chi connectivity index (χ0) is 24.0. The molecule has 2 amide bonds. The van der Waals surface area contributed by atoms with E-state index in [1.54, 1.807) is 11.8 Å².